The van der Waals surface area contributed by atoms with Crippen LogP contribution in [0.3, 0.4) is 0 Å². The Labute approximate surface area is 135 Å². The third-order valence-corrected chi connectivity index (χ3v) is 4.46. The summed E-state index contributed by atoms with van der Waals surface area (Å²) in [6.45, 7) is 2.28. The Morgan fingerprint density at radius 3 is 2.27 bits per heavy atom. The number of alkyl halides is 1. The maximum Gasteiger partial charge on any atom is 0.339 e. The highest BCUT2D eigenvalue weighted by molar-refractivity contribution is 6.20. The van der Waals surface area contributed by atoms with Gasteiger partial charge in [-0.1, -0.05) is 25.0 Å². The van der Waals surface area contributed by atoms with E-state index in [2.05, 4.69) is 0 Å². The summed E-state index contributed by atoms with van der Waals surface area (Å²) in [7, 11) is 0. The number of benzene rings is 1. The van der Waals surface area contributed by atoms with Crippen LogP contribution >= 0.6 is 11.6 Å². The third-order valence-electron chi connectivity index (χ3n) is 3.89. The molecule has 4 nitrogen and oxygen atoms in total. The fraction of sp³-hybridized carbons (Fsp3) is 0.529. The number of halogens is 1. The highest BCUT2D eigenvalue weighted by atomic mass is 35.5. The molecule has 1 aromatic carbocycles. The molecule has 1 aliphatic carbocycles. The van der Waals surface area contributed by atoms with Gasteiger partial charge in [-0.3, -0.25) is 0 Å². The predicted octanol–water partition coefficient (Wildman–Crippen LogP) is 3.82. The van der Waals surface area contributed by atoms with Crippen molar-refractivity contribution in [3.8, 4) is 0 Å². The summed E-state index contributed by atoms with van der Waals surface area (Å²) in [4.78, 5) is 24.1. The largest absolute Gasteiger partial charge is 0.462 e. The van der Waals surface area contributed by atoms with Crippen molar-refractivity contribution >= 4 is 23.5 Å². The van der Waals surface area contributed by atoms with Crippen molar-refractivity contribution in [3.63, 3.8) is 0 Å². The standard InChI is InChI=1S/C17H21ClO4/c1-2-21-16(19)13-8-4-5-9-14(13)17(20)22-11-12-7-3-6-10-15(12)18/h4-5,8-9,12,15H,2-3,6-7,10-11H2,1H3. The minimum atomic E-state index is -0.511. The van der Waals surface area contributed by atoms with Gasteiger partial charge in [-0.2, -0.15) is 0 Å². The fourth-order valence-electron chi connectivity index (χ4n) is 2.66. The second kappa shape index (κ2) is 8.18. The van der Waals surface area contributed by atoms with Crippen LogP contribution in [0.1, 0.15) is 53.3 Å². The molecule has 0 aromatic heterocycles. The number of carbonyl (C=O) groups excluding carboxylic acids is 2. The monoisotopic (exact) mass is 324 g/mol. The van der Waals surface area contributed by atoms with Gasteiger partial charge in [0.15, 0.2) is 0 Å². The Hall–Kier alpha value is -1.55. The van der Waals surface area contributed by atoms with Crippen LogP contribution in [-0.4, -0.2) is 30.5 Å². The Morgan fingerprint density at radius 2 is 1.68 bits per heavy atom. The molecule has 120 valence electrons. The topological polar surface area (TPSA) is 52.6 Å². The second-order valence-electron chi connectivity index (χ2n) is 5.43. The van der Waals surface area contributed by atoms with E-state index in [0.717, 1.165) is 25.7 Å². The molecule has 22 heavy (non-hydrogen) atoms. The molecule has 1 aromatic rings. The van der Waals surface area contributed by atoms with Crippen LogP contribution < -0.4 is 0 Å². The zero-order valence-corrected chi connectivity index (χ0v) is 13.5. The van der Waals surface area contributed by atoms with Gasteiger partial charge in [0.2, 0.25) is 0 Å². The number of esters is 2. The van der Waals surface area contributed by atoms with Crippen molar-refractivity contribution in [3.05, 3.63) is 35.4 Å². The van der Waals surface area contributed by atoms with Gasteiger partial charge in [-0.25, -0.2) is 9.59 Å². The molecule has 0 spiro atoms. The van der Waals surface area contributed by atoms with Crippen molar-refractivity contribution in [1.82, 2.24) is 0 Å². The lowest BCUT2D eigenvalue weighted by atomic mass is 9.89. The molecular weight excluding hydrogens is 304 g/mol. The van der Waals surface area contributed by atoms with Gasteiger partial charge in [-0.15, -0.1) is 11.6 Å². The third kappa shape index (κ3) is 4.23. The summed E-state index contributed by atoms with van der Waals surface area (Å²) in [5.74, 6) is -0.824. The first-order valence-corrected chi connectivity index (χ1v) is 8.14. The predicted molar refractivity (Wildman–Crippen MR) is 84.3 cm³/mol. The van der Waals surface area contributed by atoms with E-state index < -0.39 is 11.9 Å². The van der Waals surface area contributed by atoms with E-state index in [0.29, 0.717) is 6.61 Å². The van der Waals surface area contributed by atoms with Gasteiger partial charge in [0.1, 0.15) is 0 Å². The van der Waals surface area contributed by atoms with Crippen LogP contribution in [0.25, 0.3) is 0 Å². The van der Waals surface area contributed by atoms with Crippen molar-refractivity contribution < 1.29 is 19.1 Å². The number of carbonyl (C=O) groups is 2. The van der Waals surface area contributed by atoms with E-state index >= 15 is 0 Å². The molecule has 2 rings (SSSR count). The fourth-order valence-corrected chi connectivity index (χ4v) is 3.01. The van der Waals surface area contributed by atoms with E-state index in [9.17, 15) is 9.59 Å². The molecule has 5 heteroatoms. The maximum atomic E-state index is 12.3. The molecular formula is C17H21ClO4. The molecule has 2 atom stereocenters. The molecule has 0 heterocycles. The lowest BCUT2D eigenvalue weighted by Crippen LogP contribution is -2.26. The molecule has 0 amide bonds. The SMILES string of the molecule is CCOC(=O)c1ccccc1C(=O)OCC1CCCCC1Cl. The molecule has 1 aliphatic rings. The van der Waals surface area contributed by atoms with Gasteiger partial charge >= 0.3 is 11.9 Å². The minimum absolute atomic E-state index is 0.0573. The molecule has 2 unspecified atom stereocenters. The number of hydrogen-bond donors (Lipinski definition) is 0. The summed E-state index contributed by atoms with van der Waals surface area (Å²) in [5.41, 5.74) is 0.475. The first-order valence-electron chi connectivity index (χ1n) is 7.70. The van der Waals surface area contributed by atoms with Crippen LogP contribution in [0.4, 0.5) is 0 Å². The van der Waals surface area contributed by atoms with Gasteiger partial charge in [0.05, 0.1) is 24.3 Å². The Morgan fingerprint density at radius 1 is 1.09 bits per heavy atom. The summed E-state index contributed by atoms with van der Waals surface area (Å²) < 4.78 is 10.3. The first-order chi connectivity index (χ1) is 10.6. The molecule has 0 N–H and O–H groups in total. The van der Waals surface area contributed by atoms with E-state index in [1.165, 1.54) is 0 Å². The first kappa shape index (κ1) is 16.8. The molecule has 0 saturated heterocycles. The second-order valence-corrected chi connectivity index (χ2v) is 5.99. The number of ether oxygens (including phenoxy) is 2. The highest BCUT2D eigenvalue weighted by Gasteiger charge is 2.25. The van der Waals surface area contributed by atoms with Crippen molar-refractivity contribution in [1.29, 1.82) is 0 Å². The van der Waals surface area contributed by atoms with Gasteiger partial charge < -0.3 is 9.47 Å². The van der Waals surface area contributed by atoms with Crippen molar-refractivity contribution in [2.75, 3.05) is 13.2 Å². The minimum Gasteiger partial charge on any atom is -0.462 e. The van der Waals surface area contributed by atoms with E-state index in [1.807, 2.05) is 0 Å². The van der Waals surface area contributed by atoms with Crippen LogP contribution in [0.15, 0.2) is 24.3 Å². The van der Waals surface area contributed by atoms with E-state index in [4.69, 9.17) is 21.1 Å². The van der Waals surface area contributed by atoms with E-state index in [-0.39, 0.29) is 29.0 Å². The summed E-state index contributed by atoms with van der Waals surface area (Å²) in [6.07, 6.45) is 4.18. The van der Waals surface area contributed by atoms with Gasteiger partial charge in [0, 0.05) is 11.3 Å². The average molecular weight is 325 g/mol. The van der Waals surface area contributed by atoms with Crippen molar-refractivity contribution in [2.45, 2.75) is 38.0 Å². The lowest BCUT2D eigenvalue weighted by Gasteiger charge is -2.26. The van der Waals surface area contributed by atoms with Crippen LogP contribution in [0.2, 0.25) is 0 Å². The maximum absolute atomic E-state index is 12.3. The van der Waals surface area contributed by atoms with E-state index in [1.54, 1.807) is 31.2 Å². The average Bonchev–Trinajstić information content (AvgIpc) is 2.54. The number of hydrogen-bond acceptors (Lipinski definition) is 4. The molecule has 0 aliphatic heterocycles. The molecule has 0 bridgehead atoms. The molecule has 0 radical (unpaired) electrons. The molecule has 1 fully saturated rings. The van der Waals surface area contributed by atoms with Crippen LogP contribution in [0, 0.1) is 5.92 Å². The van der Waals surface area contributed by atoms with Crippen molar-refractivity contribution in [2.24, 2.45) is 5.92 Å². The Kier molecular flexibility index (Phi) is 6.25. The van der Waals surface area contributed by atoms with Gasteiger partial charge in [-0.05, 0) is 31.9 Å². The Balaban J connectivity index is 2.01. The Bertz CT molecular complexity index is 529. The summed E-state index contributed by atoms with van der Waals surface area (Å²) in [5, 5.41) is 0.0573. The zero-order valence-electron chi connectivity index (χ0n) is 12.7. The van der Waals surface area contributed by atoms with Crippen LogP contribution in [-0.2, 0) is 9.47 Å². The zero-order chi connectivity index (χ0) is 15.9. The summed E-state index contributed by atoms with van der Waals surface area (Å²) >= 11 is 6.27. The smallest absolute Gasteiger partial charge is 0.339 e. The van der Waals surface area contributed by atoms with Crippen LogP contribution in [0.5, 0.6) is 0 Å². The highest BCUT2D eigenvalue weighted by Crippen LogP contribution is 2.29. The normalized spacial score (nSPS) is 21.2. The summed E-state index contributed by atoms with van der Waals surface area (Å²) in [6, 6.07) is 6.54. The molecule has 1 saturated carbocycles. The quantitative estimate of drug-likeness (QED) is 0.610. The number of rotatable bonds is 5. The lowest BCUT2D eigenvalue weighted by molar-refractivity contribution is 0.0397. The van der Waals surface area contributed by atoms with Gasteiger partial charge in [0.25, 0.3) is 0 Å².